The molecule has 4 aliphatic rings. The molecule has 4 fully saturated rings. The first-order valence-electron chi connectivity index (χ1n) is 13.4. The number of fused-ring (bicyclic) bond motifs is 5. The predicted molar refractivity (Wildman–Crippen MR) is 126 cm³/mol. The molecule has 6 heteroatoms. The molecule has 6 nitrogen and oxygen atoms in total. The fourth-order valence-electron chi connectivity index (χ4n) is 9.17. The van der Waals surface area contributed by atoms with E-state index in [1.165, 1.54) is 6.92 Å². The van der Waals surface area contributed by atoms with Crippen LogP contribution in [0.5, 0.6) is 0 Å². The van der Waals surface area contributed by atoms with Crippen molar-refractivity contribution in [2.75, 3.05) is 6.61 Å². The van der Waals surface area contributed by atoms with Crippen LogP contribution in [0.2, 0.25) is 0 Å². The molecule has 4 rings (SSSR count). The number of aliphatic hydroxyl groups excluding tert-OH is 5. The van der Waals surface area contributed by atoms with Crippen molar-refractivity contribution < 1.29 is 30.6 Å². The SMILES string of the molecule is C[C@H](CC[C@H](O)C(C)(O)CO)[C@H]1CC[C@H]2[C@@H]3[C@H](O)C[C@@H]4C[C@H](O)CC[C@]4(C)[C@H]3C[C@H](O)[C@]12C. The van der Waals surface area contributed by atoms with Gasteiger partial charge in [-0.1, -0.05) is 20.8 Å². The van der Waals surface area contributed by atoms with E-state index in [4.69, 9.17) is 0 Å². The molecule has 0 radical (unpaired) electrons. The normalized spacial score (nSPS) is 51.1. The molecule has 0 heterocycles. The van der Waals surface area contributed by atoms with E-state index >= 15 is 0 Å². The van der Waals surface area contributed by atoms with Gasteiger partial charge in [0.25, 0.3) is 0 Å². The second-order valence-electron chi connectivity index (χ2n) is 13.1. The standard InChI is InChI=1S/C27H48O6/c1-15(5-8-22(31)26(3,33)14-28)18-6-7-19-24-20(13-23(32)27(18,19)4)25(2)10-9-17(29)11-16(25)12-21(24)30/h15-24,28-33H,5-14H2,1-4H3/t15-,16+,17-,18-,19+,20+,21-,22+,23+,24+,25+,26?,27-/m1/s1. The molecule has 0 aromatic heterocycles. The maximum atomic E-state index is 11.6. The second-order valence-corrected chi connectivity index (χ2v) is 13.1. The first-order chi connectivity index (χ1) is 15.4. The van der Waals surface area contributed by atoms with Gasteiger partial charge in [-0.25, -0.2) is 0 Å². The van der Waals surface area contributed by atoms with Crippen molar-refractivity contribution in [1.82, 2.24) is 0 Å². The lowest BCUT2D eigenvalue weighted by Crippen LogP contribution is -2.62. The summed E-state index contributed by atoms with van der Waals surface area (Å²) in [4.78, 5) is 0. The van der Waals surface area contributed by atoms with Gasteiger partial charge in [-0.2, -0.15) is 0 Å². The van der Waals surface area contributed by atoms with Crippen LogP contribution < -0.4 is 0 Å². The van der Waals surface area contributed by atoms with Gasteiger partial charge in [0.2, 0.25) is 0 Å². The molecule has 33 heavy (non-hydrogen) atoms. The van der Waals surface area contributed by atoms with Crippen LogP contribution >= 0.6 is 0 Å². The van der Waals surface area contributed by atoms with Crippen LogP contribution in [0.15, 0.2) is 0 Å². The van der Waals surface area contributed by atoms with Crippen LogP contribution in [0.1, 0.15) is 85.5 Å². The molecule has 1 unspecified atom stereocenters. The van der Waals surface area contributed by atoms with Crippen LogP contribution in [0, 0.1) is 46.3 Å². The topological polar surface area (TPSA) is 121 Å². The summed E-state index contributed by atoms with van der Waals surface area (Å²) in [5, 5.41) is 63.1. The van der Waals surface area contributed by atoms with Gasteiger partial charge in [0.1, 0.15) is 5.60 Å². The summed E-state index contributed by atoms with van der Waals surface area (Å²) < 4.78 is 0. The highest BCUT2D eigenvalue weighted by Gasteiger charge is 2.65. The second kappa shape index (κ2) is 9.01. The maximum absolute atomic E-state index is 11.6. The van der Waals surface area contributed by atoms with E-state index < -0.39 is 24.4 Å². The Morgan fingerprint density at radius 3 is 2.33 bits per heavy atom. The Hall–Kier alpha value is -0.240. The Kier molecular flexibility index (Phi) is 7.05. The first-order valence-corrected chi connectivity index (χ1v) is 13.4. The summed E-state index contributed by atoms with van der Waals surface area (Å²) >= 11 is 0. The molecule has 0 aliphatic heterocycles. The zero-order valence-corrected chi connectivity index (χ0v) is 21.0. The molecule has 4 aliphatic carbocycles. The third-order valence-electron chi connectivity index (χ3n) is 11.5. The van der Waals surface area contributed by atoms with Gasteiger partial charge in [-0.05, 0) is 111 Å². The molecule has 0 amide bonds. The lowest BCUT2D eigenvalue weighted by molar-refractivity contribution is -0.207. The van der Waals surface area contributed by atoms with Crippen molar-refractivity contribution in [2.24, 2.45) is 46.3 Å². The van der Waals surface area contributed by atoms with Gasteiger partial charge in [-0.15, -0.1) is 0 Å². The van der Waals surface area contributed by atoms with E-state index in [0.29, 0.717) is 24.2 Å². The molecule has 0 aromatic rings. The number of rotatable bonds is 6. The highest BCUT2D eigenvalue weighted by Crippen LogP contribution is 2.68. The average Bonchev–Trinajstić information content (AvgIpc) is 3.12. The molecule has 6 N–H and O–H groups in total. The smallest absolute Gasteiger partial charge is 0.111 e. The average molecular weight is 469 g/mol. The van der Waals surface area contributed by atoms with Gasteiger partial charge in [0, 0.05) is 0 Å². The van der Waals surface area contributed by atoms with E-state index in [0.717, 1.165) is 51.4 Å². The van der Waals surface area contributed by atoms with Crippen molar-refractivity contribution >= 4 is 0 Å². The first kappa shape index (κ1) is 25.8. The predicted octanol–water partition coefficient (Wildman–Crippen LogP) is 2.47. The van der Waals surface area contributed by atoms with Gasteiger partial charge < -0.3 is 30.6 Å². The monoisotopic (exact) mass is 468 g/mol. The molecule has 0 saturated heterocycles. The molecule has 0 bridgehead atoms. The summed E-state index contributed by atoms with van der Waals surface area (Å²) in [6.07, 6.45) is 5.21. The van der Waals surface area contributed by atoms with E-state index in [-0.39, 0.29) is 40.8 Å². The molecule has 4 saturated carbocycles. The Balaban J connectivity index is 1.52. The summed E-state index contributed by atoms with van der Waals surface area (Å²) in [5.74, 6) is 1.67. The van der Waals surface area contributed by atoms with Crippen LogP contribution in [-0.4, -0.2) is 67.3 Å². The van der Waals surface area contributed by atoms with Crippen LogP contribution in [-0.2, 0) is 0 Å². The quantitative estimate of drug-likeness (QED) is 0.356. The third-order valence-corrected chi connectivity index (χ3v) is 11.5. The Bertz CT molecular complexity index is 698. The highest BCUT2D eigenvalue weighted by molar-refractivity contribution is 5.14. The molecule has 13 atom stereocenters. The molecule has 0 spiro atoms. The number of aliphatic hydroxyl groups is 6. The van der Waals surface area contributed by atoms with Gasteiger partial charge in [0.05, 0.1) is 31.0 Å². The van der Waals surface area contributed by atoms with Gasteiger partial charge >= 0.3 is 0 Å². The Morgan fingerprint density at radius 2 is 1.67 bits per heavy atom. The minimum absolute atomic E-state index is 0.0785. The number of hydrogen-bond donors (Lipinski definition) is 6. The Labute approximate surface area is 199 Å². The van der Waals surface area contributed by atoms with Crippen LogP contribution in [0.4, 0.5) is 0 Å². The van der Waals surface area contributed by atoms with Crippen molar-refractivity contribution in [3.63, 3.8) is 0 Å². The molecular formula is C27H48O6. The van der Waals surface area contributed by atoms with Gasteiger partial charge in [-0.3, -0.25) is 0 Å². The lowest BCUT2D eigenvalue weighted by atomic mass is 9.43. The lowest BCUT2D eigenvalue weighted by Gasteiger charge is -2.63. The Morgan fingerprint density at radius 1 is 0.970 bits per heavy atom. The zero-order valence-electron chi connectivity index (χ0n) is 21.0. The van der Waals surface area contributed by atoms with E-state index in [1.807, 2.05) is 0 Å². The summed E-state index contributed by atoms with van der Waals surface area (Å²) in [7, 11) is 0. The number of hydrogen-bond acceptors (Lipinski definition) is 6. The largest absolute Gasteiger partial charge is 0.393 e. The van der Waals surface area contributed by atoms with Crippen molar-refractivity contribution in [3.8, 4) is 0 Å². The van der Waals surface area contributed by atoms with E-state index in [9.17, 15) is 30.6 Å². The fourth-order valence-corrected chi connectivity index (χ4v) is 9.17. The summed E-state index contributed by atoms with van der Waals surface area (Å²) in [6, 6.07) is 0. The highest BCUT2D eigenvalue weighted by atomic mass is 16.4. The van der Waals surface area contributed by atoms with Crippen LogP contribution in [0.3, 0.4) is 0 Å². The van der Waals surface area contributed by atoms with E-state index in [1.54, 1.807) is 0 Å². The van der Waals surface area contributed by atoms with Gasteiger partial charge in [0.15, 0.2) is 0 Å². The molecule has 192 valence electrons. The minimum Gasteiger partial charge on any atom is -0.393 e. The molecule has 0 aromatic carbocycles. The minimum atomic E-state index is -1.49. The van der Waals surface area contributed by atoms with E-state index in [2.05, 4.69) is 20.8 Å². The maximum Gasteiger partial charge on any atom is 0.111 e. The summed E-state index contributed by atoms with van der Waals surface area (Å²) in [5.41, 5.74) is -1.68. The van der Waals surface area contributed by atoms with Crippen LogP contribution in [0.25, 0.3) is 0 Å². The van der Waals surface area contributed by atoms with Crippen molar-refractivity contribution in [2.45, 2.75) is 115 Å². The zero-order chi connectivity index (χ0) is 24.3. The molecular weight excluding hydrogens is 420 g/mol. The van der Waals surface area contributed by atoms with Crippen molar-refractivity contribution in [3.05, 3.63) is 0 Å². The fraction of sp³-hybridized carbons (Fsp3) is 1.00. The third kappa shape index (κ3) is 4.11. The summed E-state index contributed by atoms with van der Waals surface area (Å²) in [6.45, 7) is 7.77. The van der Waals surface area contributed by atoms with Crippen molar-refractivity contribution in [1.29, 1.82) is 0 Å².